The van der Waals surface area contributed by atoms with Crippen molar-refractivity contribution in [3.8, 4) is 0 Å². The van der Waals surface area contributed by atoms with Crippen LogP contribution in [0, 0.1) is 12.7 Å². The normalized spacial score (nSPS) is 14.8. The quantitative estimate of drug-likeness (QED) is 0.506. The lowest BCUT2D eigenvalue weighted by molar-refractivity contribution is 0.0944. The molecule has 0 aliphatic carbocycles. The van der Waals surface area contributed by atoms with Crippen LogP contribution in [0.25, 0.3) is 11.0 Å². The summed E-state index contributed by atoms with van der Waals surface area (Å²) in [6.07, 6.45) is 1.71. The topological polar surface area (TPSA) is 99.6 Å². The number of nitrogens with one attached hydrogen (secondary N) is 2. The average molecular weight is 454 g/mol. The molecule has 9 heteroatoms. The molecule has 0 saturated carbocycles. The molecule has 8 nitrogen and oxygen atoms in total. The summed E-state index contributed by atoms with van der Waals surface area (Å²) in [6.45, 7) is 6.39. The third-order valence-electron chi connectivity index (χ3n) is 5.68. The molecule has 4 rings (SSSR count). The van der Waals surface area contributed by atoms with Crippen molar-refractivity contribution in [2.75, 3.05) is 49.7 Å². The van der Waals surface area contributed by atoms with Gasteiger partial charge in [0.15, 0.2) is 0 Å². The molecule has 1 saturated heterocycles. The largest absolute Gasteiger partial charge is 0.395 e. The van der Waals surface area contributed by atoms with Crippen LogP contribution in [0.1, 0.15) is 34.5 Å². The van der Waals surface area contributed by atoms with E-state index in [0.717, 1.165) is 24.5 Å². The Balaban J connectivity index is 1.74. The van der Waals surface area contributed by atoms with Crippen LogP contribution in [0.2, 0.25) is 0 Å². The molecule has 0 bridgehead atoms. The highest BCUT2D eigenvalue weighted by atomic mass is 19.1. The van der Waals surface area contributed by atoms with E-state index in [1.807, 2.05) is 13.0 Å². The summed E-state index contributed by atoms with van der Waals surface area (Å²) in [5.41, 5.74) is 3.65. The third kappa shape index (κ3) is 5.20. The molecule has 2 aromatic carbocycles. The van der Waals surface area contributed by atoms with Crippen LogP contribution in [0.15, 0.2) is 36.5 Å². The van der Waals surface area contributed by atoms with Crippen molar-refractivity contribution in [3.05, 3.63) is 59.0 Å². The second kappa shape index (κ2) is 10.1. The van der Waals surface area contributed by atoms with Gasteiger partial charge in [-0.15, -0.1) is 0 Å². The van der Waals surface area contributed by atoms with Crippen LogP contribution in [0.3, 0.4) is 0 Å². The number of fused-ring (bicyclic) bond motifs is 1. The van der Waals surface area contributed by atoms with Crippen LogP contribution in [0.5, 0.6) is 0 Å². The SMILES string of the molecule is Cc1ccc(NC(C)c2cc(C(=O)NCCO)cc3ncc(N4CCOCC4)nc23)cc1F. The maximum absolute atomic E-state index is 14.1. The number of rotatable bonds is 7. The molecule has 1 fully saturated rings. The van der Waals surface area contributed by atoms with Crippen LogP contribution in [0.4, 0.5) is 15.9 Å². The summed E-state index contributed by atoms with van der Waals surface area (Å²) < 4.78 is 19.5. The molecule has 1 amide bonds. The van der Waals surface area contributed by atoms with Gasteiger partial charge in [0.25, 0.3) is 5.91 Å². The van der Waals surface area contributed by atoms with Crippen molar-refractivity contribution in [2.24, 2.45) is 0 Å². The first-order chi connectivity index (χ1) is 16.0. The Hall–Kier alpha value is -3.30. The first kappa shape index (κ1) is 22.9. The zero-order valence-electron chi connectivity index (χ0n) is 18.8. The molecular weight excluding hydrogens is 425 g/mol. The summed E-state index contributed by atoms with van der Waals surface area (Å²) in [6, 6.07) is 8.18. The second-order valence-corrected chi connectivity index (χ2v) is 8.07. The highest BCUT2D eigenvalue weighted by molar-refractivity contribution is 5.98. The summed E-state index contributed by atoms with van der Waals surface area (Å²) in [4.78, 5) is 24.2. The Labute approximate surface area is 191 Å². The number of aromatic nitrogens is 2. The maximum atomic E-state index is 14.1. The van der Waals surface area contributed by atoms with Crippen LogP contribution in [-0.2, 0) is 4.74 Å². The van der Waals surface area contributed by atoms with Gasteiger partial charge in [-0.1, -0.05) is 6.07 Å². The number of hydrogen-bond acceptors (Lipinski definition) is 7. The van der Waals surface area contributed by atoms with Gasteiger partial charge in [0.1, 0.15) is 11.6 Å². The average Bonchev–Trinajstić information content (AvgIpc) is 2.84. The number of morpholine rings is 1. The molecule has 0 radical (unpaired) electrons. The van der Waals surface area contributed by atoms with Gasteiger partial charge in [0.05, 0.1) is 43.1 Å². The molecule has 1 atom stereocenters. The van der Waals surface area contributed by atoms with E-state index in [1.165, 1.54) is 6.07 Å². The van der Waals surface area contributed by atoms with Gasteiger partial charge >= 0.3 is 0 Å². The summed E-state index contributed by atoms with van der Waals surface area (Å²) in [7, 11) is 0. The standard InChI is InChI=1S/C24H28FN5O3/c1-15-3-4-18(13-20(15)25)28-16(2)19-11-17(24(32)26-5-8-31)12-21-23(19)29-22(14-27-21)30-6-9-33-10-7-30/h3-4,11-14,16,28,31H,5-10H2,1-2H3,(H,26,32). The Morgan fingerprint density at radius 1 is 1.27 bits per heavy atom. The molecule has 1 aliphatic rings. The van der Waals surface area contributed by atoms with Gasteiger partial charge in [0.2, 0.25) is 0 Å². The minimum atomic E-state index is -0.306. The van der Waals surface area contributed by atoms with Gasteiger partial charge < -0.3 is 25.4 Å². The number of aryl methyl sites for hydroxylation is 1. The van der Waals surface area contributed by atoms with E-state index in [1.54, 1.807) is 31.3 Å². The van der Waals surface area contributed by atoms with Gasteiger partial charge in [-0.3, -0.25) is 9.78 Å². The maximum Gasteiger partial charge on any atom is 0.251 e. The van der Waals surface area contributed by atoms with Crippen LogP contribution in [-0.4, -0.2) is 60.4 Å². The molecule has 3 N–H and O–H groups in total. The van der Waals surface area contributed by atoms with E-state index in [-0.39, 0.29) is 30.9 Å². The Morgan fingerprint density at radius 3 is 2.79 bits per heavy atom. The van der Waals surface area contributed by atoms with Gasteiger partial charge in [0, 0.05) is 36.4 Å². The van der Waals surface area contributed by atoms with Crippen molar-refractivity contribution in [1.82, 2.24) is 15.3 Å². The van der Waals surface area contributed by atoms with Crippen molar-refractivity contribution < 1.29 is 19.0 Å². The minimum absolute atomic E-state index is 0.147. The van der Waals surface area contributed by atoms with E-state index >= 15 is 0 Å². The summed E-state index contributed by atoms with van der Waals surface area (Å²) in [5.74, 6) is 0.154. The molecule has 0 spiro atoms. The second-order valence-electron chi connectivity index (χ2n) is 8.07. The highest BCUT2D eigenvalue weighted by Crippen LogP contribution is 2.29. The fraction of sp³-hybridized carbons (Fsp3) is 0.375. The first-order valence-corrected chi connectivity index (χ1v) is 11.0. The molecule has 2 heterocycles. The van der Waals surface area contributed by atoms with Crippen molar-refractivity contribution in [2.45, 2.75) is 19.9 Å². The number of amides is 1. The summed E-state index contributed by atoms with van der Waals surface area (Å²) in [5, 5.41) is 15.0. The molecule has 1 unspecified atom stereocenters. The zero-order chi connectivity index (χ0) is 23.4. The number of aliphatic hydroxyl groups is 1. The fourth-order valence-electron chi connectivity index (χ4n) is 3.82. The van der Waals surface area contributed by atoms with Crippen molar-refractivity contribution >= 4 is 28.4 Å². The van der Waals surface area contributed by atoms with Crippen molar-refractivity contribution in [1.29, 1.82) is 0 Å². The van der Waals surface area contributed by atoms with E-state index < -0.39 is 0 Å². The number of ether oxygens (including phenoxy) is 1. The van der Waals surface area contributed by atoms with Gasteiger partial charge in [-0.05, 0) is 43.7 Å². The number of nitrogens with zero attached hydrogens (tertiary/aromatic N) is 3. The number of carbonyl (C=O) groups excluding carboxylic acids is 1. The van der Waals surface area contributed by atoms with E-state index in [2.05, 4.69) is 20.5 Å². The molecule has 1 aromatic heterocycles. The van der Waals surface area contributed by atoms with Crippen LogP contribution < -0.4 is 15.5 Å². The first-order valence-electron chi connectivity index (χ1n) is 11.0. The van der Waals surface area contributed by atoms with E-state index in [9.17, 15) is 9.18 Å². The lowest BCUT2D eigenvalue weighted by Crippen LogP contribution is -2.36. The molecule has 174 valence electrons. The number of aliphatic hydroxyl groups excluding tert-OH is 1. The fourth-order valence-corrected chi connectivity index (χ4v) is 3.82. The number of carbonyl (C=O) groups is 1. The van der Waals surface area contributed by atoms with Crippen molar-refractivity contribution in [3.63, 3.8) is 0 Å². The number of halogens is 1. The minimum Gasteiger partial charge on any atom is -0.395 e. The lowest BCUT2D eigenvalue weighted by atomic mass is 10.0. The molecule has 1 aliphatic heterocycles. The Morgan fingerprint density at radius 2 is 2.06 bits per heavy atom. The highest BCUT2D eigenvalue weighted by Gasteiger charge is 2.19. The van der Waals surface area contributed by atoms with Crippen LogP contribution >= 0.6 is 0 Å². The number of benzene rings is 2. The lowest BCUT2D eigenvalue weighted by Gasteiger charge is -2.28. The number of anilines is 2. The van der Waals surface area contributed by atoms with E-state index in [4.69, 9.17) is 14.8 Å². The Kier molecular flexibility index (Phi) is 7.00. The van der Waals surface area contributed by atoms with E-state index in [0.29, 0.717) is 41.1 Å². The predicted octanol–water partition coefficient (Wildman–Crippen LogP) is 2.81. The Bertz CT molecular complexity index is 1150. The third-order valence-corrected chi connectivity index (χ3v) is 5.68. The zero-order valence-corrected chi connectivity index (χ0v) is 18.8. The molecule has 3 aromatic rings. The van der Waals surface area contributed by atoms with Gasteiger partial charge in [-0.2, -0.15) is 0 Å². The molecular formula is C24H28FN5O3. The smallest absolute Gasteiger partial charge is 0.251 e. The summed E-state index contributed by atoms with van der Waals surface area (Å²) >= 11 is 0. The van der Waals surface area contributed by atoms with Gasteiger partial charge in [-0.25, -0.2) is 9.37 Å². The molecule has 33 heavy (non-hydrogen) atoms. The number of hydrogen-bond donors (Lipinski definition) is 3. The monoisotopic (exact) mass is 453 g/mol. The predicted molar refractivity (Wildman–Crippen MR) is 125 cm³/mol.